The molecule has 0 aliphatic carbocycles. The van der Waals surface area contributed by atoms with Crippen molar-refractivity contribution in [3.8, 4) is 0 Å². The van der Waals surface area contributed by atoms with Gasteiger partial charge in [0.15, 0.2) is 0 Å². The Kier molecular flexibility index (Phi) is 4.96. The Morgan fingerprint density at radius 3 is 2.71 bits per heavy atom. The number of nitrogens with zero attached hydrogens (tertiary/aromatic N) is 3. The van der Waals surface area contributed by atoms with Crippen molar-refractivity contribution in [1.29, 1.82) is 0 Å². The molecule has 1 aliphatic rings. The standard InChI is InChI=1S/C24H29N3O/c1-16(2)11-12-26-21-8-6-5-7-20(21)25-24(26)19-14-23(28)27(15-19)22-13-17(3)9-10-18(22)4/h5-10,13,16,19H,11-12,14-15H2,1-4H3. The summed E-state index contributed by atoms with van der Waals surface area (Å²) in [6.45, 7) is 10.3. The highest BCUT2D eigenvalue weighted by atomic mass is 16.2. The molecule has 1 unspecified atom stereocenters. The quantitative estimate of drug-likeness (QED) is 0.613. The van der Waals surface area contributed by atoms with Gasteiger partial charge in [-0.15, -0.1) is 0 Å². The fourth-order valence-corrected chi connectivity index (χ4v) is 4.15. The number of carbonyl (C=O) groups is 1. The molecule has 1 aromatic heterocycles. The van der Waals surface area contributed by atoms with Crippen LogP contribution in [0.3, 0.4) is 0 Å². The van der Waals surface area contributed by atoms with Crippen LogP contribution in [0.1, 0.15) is 49.6 Å². The van der Waals surface area contributed by atoms with Crippen molar-refractivity contribution in [1.82, 2.24) is 9.55 Å². The van der Waals surface area contributed by atoms with E-state index in [1.54, 1.807) is 0 Å². The van der Waals surface area contributed by atoms with Gasteiger partial charge in [-0.05, 0) is 55.5 Å². The fraction of sp³-hybridized carbons (Fsp3) is 0.417. The van der Waals surface area contributed by atoms with E-state index in [2.05, 4.69) is 68.7 Å². The maximum absolute atomic E-state index is 12.9. The van der Waals surface area contributed by atoms with E-state index in [0.717, 1.165) is 35.6 Å². The predicted molar refractivity (Wildman–Crippen MR) is 115 cm³/mol. The third kappa shape index (κ3) is 3.44. The van der Waals surface area contributed by atoms with Crippen molar-refractivity contribution in [3.05, 3.63) is 59.4 Å². The van der Waals surface area contributed by atoms with Crippen LogP contribution < -0.4 is 4.90 Å². The molecule has 4 rings (SSSR count). The zero-order chi connectivity index (χ0) is 19.8. The number of hydrogen-bond donors (Lipinski definition) is 0. The minimum absolute atomic E-state index is 0.131. The van der Waals surface area contributed by atoms with Gasteiger partial charge < -0.3 is 9.47 Å². The van der Waals surface area contributed by atoms with Gasteiger partial charge in [0.05, 0.1) is 11.0 Å². The molecule has 4 nitrogen and oxygen atoms in total. The summed E-state index contributed by atoms with van der Waals surface area (Å²) < 4.78 is 2.35. The molecule has 0 N–H and O–H groups in total. The Labute approximate surface area is 167 Å². The van der Waals surface area contributed by atoms with Crippen LogP contribution in [-0.4, -0.2) is 22.0 Å². The SMILES string of the molecule is Cc1ccc(C)c(N2CC(c3nc4ccccc4n3CCC(C)C)CC2=O)c1. The number of carbonyl (C=O) groups excluding carboxylic acids is 1. The number of anilines is 1. The lowest BCUT2D eigenvalue weighted by atomic mass is 10.1. The van der Waals surface area contributed by atoms with E-state index in [1.807, 2.05) is 11.0 Å². The van der Waals surface area contributed by atoms with E-state index in [1.165, 1.54) is 11.1 Å². The van der Waals surface area contributed by atoms with Crippen LogP contribution >= 0.6 is 0 Å². The summed E-state index contributed by atoms with van der Waals surface area (Å²) in [7, 11) is 0. The van der Waals surface area contributed by atoms with Crippen molar-refractivity contribution in [2.45, 2.75) is 53.0 Å². The number of aryl methyl sites for hydroxylation is 3. The molecule has 3 aromatic rings. The predicted octanol–water partition coefficient (Wildman–Crippen LogP) is 5.22. The molecule has 1 atom stereocenters. The van der Waals surface area contributed by atoms with E-state index < -0.39 is 0 Å². The van der Waals surface area contributed by atoms with Crippen LogP contribution in [0.15, 0.2) is 42.5 Å². The molecule has 4 heteroatoms. The highest BCUT2D eigenvalue weighted by Crippen LogP contribution is 2.35. The molecule has 28 heavy (non-hydrogen) atoms. The first-order valence-corrected chi connectivity index (χ1v) is 10.3. The lowest BCUT2D eigenvalue weighted by Crippen LogP contribution is -2.25. The maximum atomic E-state index is 12.9. The molecule has 0 saturated carbocycles. The van der Waals surface area contributed by atoms with Gasteiger partial charge in [0.2, 0.25) is 5.91 Å². The van der Waals surface area contributed by atoms with Crippen molar-refractivity contribution in [2.75, 3.05) is 11.4 Å². The highest BCUT2D eigenvalue weighted by Gasteiger charge is 2.35. The van der Waals surface area contributed by atoms with Gasteiger partial charge in [-0.25, -0.2) is 4.98 Å². The summed E-state index contributed by atoms with van der Waals surface area (Å²) in [6.07, 6.45) is 1.63. The number of para-hydroxylation sites is 2. The second-order valence-electron chi connectivity index (χ2n) is 8.49. The molecule has 1 amide bonds. The molecule has 0 spiro atoms. The van der Waals surface area contributed by atoms with Gasteiger partial charge in [0.25, 0.3) is 0 Å². The first-order chi connectivity index (χ1) is 13.4. The molecule has 0 bridgehead atoms. The monoisotopic (exact) mass is 375 g/mol. The summed E-state index contributed by atoms with van der Waals surface area (Å²) in [5.41, 5.74) is 5.57. The van der Waals surface area contributed by atoms with E-state index in [-0.39, 0.29) is 11.8 Å². The molecule has 0 radical (unpaired) electrons. The lowest BCUT2D eigenvalue weighted by Gasteiger charge is -2.20. The van der Waals surface area contributed by atoms with E-state index >= 15 is 0 Å². The van der Waals surface area contributed by atoms with Crippen LogP contribution in [0.2, 0.25) is 0 Å². The topological polar surface area (TPSA) is 38.1 Å². The molecule has 1 aliphatic heterocycles. The van der Waals surface area contributed by atoms with Crippen LogP contribution in [0.25, 0.3) is 11.0 Å². The van der Waals surface area contributed by atoms with Crippen molar-refractivity contribution in [3.63, 3.8) is 0 Å². The van der Waals surface area contributed by atoms with Gasteiger partial charge in [-0.2, -0.15) is 0 Å². The number of amides is 1. The van der Waals surface area contributed by atoms with E-state index in [0.29, 0.717) is 18.9 Å². The summed E-state index contributed by atoms with van der Waals surface area (Å²) >= 11 is 0. The number of imidazole rings is 1. The zero-order valence-electron chi connectivity index (χ0n) is 17.3. The lowest BCUT2D eigenvalue weighted by molar-refractivity contribution is -0.117. The number of rotatable bonds is 5. The van der Waals surface area contributed by atoms with Crippen molar-refractivity contribution < 1.29 is 4.79 Å². The molecule has 1 fully saturated rings. The number of benzene rings is 2. The summed E-state index contributed by atoms with van der Waals surface area (Å²) in [5.74, 6) is 2.02. The Morgan fingerprint density at radius 2 is 1.93 bits per heavy atom. The second-order valence-corrected chi connectivity index (χ2v) is 8.49. The molecule has 2 heterocycles. The smallest absolute Gasteiger partial charge is 0.227 e. The molecule has 146 valence electrons. The van der Waals surface area contributed by atoms with Gasteiger partial charge in [0.1, 0.15) is 5.82 Å². The van der Waals surface area contributed by atoms with Crippen LogP contribution in [-0.2, 0) is 11.3 Å². The van der Waals surface area contributed by atoms with E-state index in [9.17, 15) is 4.79 Å². The zero-order valence-corrected chi connectivity index (χ0v) is 17.3. The number of hydrogen-bond acceptors (Lipinski definition) is 2. The largest absolute Gasteiger partial charge is 0.328 e. The normalized spacial score (nSPS) is 17.2. The molecular weight excluding hydrogens is 346 g/mol. The van der Waals surface area contributed by atoms with Gasteiger partial charge >= 0.3 is 0 Å². The third-order valence-electron chi connectivity index (χ3n) is 5.76. The Bertz CT molecular complexity index is 1020. The average molecular weight is 376 g/mol. The third-order valence-corrected chi connectivity index (χ3v) is 5.76. The fourth-order valence-electron chi connectivity index (χ4n) is 4.15. The second kappa shape index (κ2) is 7.42. The summed E-state index contributed by atoms with van der Waals surface area (Å²) in [4.78, 5) is 19.8. The molecular formula is C24H29N3O. The maximum Gasteiger partial charge on any atom is 0.227 e. The first-order valence-electron chi connectivity index (χ1n) is 10.3. The molecule has 1 saturated heterocycles. The Hall–Kier alpha value is -2.62. The number of fused-ring (bicyclic) bond motifs is 1. The van der Waals surface area contributed by atoms with Crippen LogP contribution in [0.5, 0.6) is 0 Å². The summed E-state index contributed by atoms with van der Waals surface area (Å²) in [6, 6.07) is 14.6. The van der Waals surface area contributed by atoms with Gasteiger partial charge in [-0.3, -0.25) is 4.79 Å². The van der Waals surface area contributed by atoms with Crippen LogP contribution in [0, 0.1) is 19.8 Å². The van der Waals surface area contributed by atoms with Gasteiger partial charge in [0, 0.05) is 31.1 Å². The Balaban J connectivity index is 1.70. The first kappa shape index (κ1) is 18.7. The van der Waals surface area contributed by atoms with Crippen LogP contribution in [0.4, 0.5) is 5.69 Å². The average Bonchev–Trinajstić information content (AvgIpc) is 3.22. The minimum atomic E-state index is 0.131. The molecule has 2 aromatic carbocycles. The summed E-state index contributed by atoms with van der Waals surface area (Å²) in [5, 5.41) is 0. The van der Waals surface area contributed by atoms with Gasteiger partial charge in [-0.1, -0.05) is 38.1 Å². The minimum Gasteiger partial charge on any atom is -0.328 e. The number of aromatic nitrogens is 2. The Morgan fingerprint density at radius 1 is 1.14 bits per heavy atom. The highest BCUT2D eigenvalue weighted by molar-refractivity contribution is 5.97. The van der Waals surface area contributed by atoms with Crippen molar-refractivity contribution in [2.24, 2.45) is 5.92 Å². The van der Waals surface area contributed by atoms with Crippen molar-refractivity contribution >= 4 is 22.6 Å². The van der Waals surface area contributed by atoms with E-state index in [4.69, 9.17) is 4.98 Å².